The summed E-state index contributed by atoms with van der Waals surface area (Å²) in [5.41, 5.74) is 6.61. The van der Waals surface area contributed by atoms with Gasteiger partial charge in [0, 0.05) is 12.1 Å². The maximum Gasteiger partial charge on any atom is 0.140 e. The van der Waals surface area contributed by atoms with Crippen molar-refractivity contribution in [1.29, 1.82) is 0 Å². The van der Waals surface area contributed by atoms with E-state index in [1.165, 1.54) is 0 Å². The second-order valence-electron chi connectivity index (χ2n) is 2.70. The third-order valence-corrected chi connectivity index (χ3v) is 2.80. The smallest absolute Gasteiger partial charge is 0.140 e. The summed E-state index contributed by atoms with van der Waals surface area (Å²) >= 11 is 1.60. The normalized spacial score (nSPS) is 10.0. The van der Waals surface area contributed by atoms with Gasteiger partial charge in [0.15, 0.2) is 0 Å². The van der Waals surface area contributed by atoms with Crippen molar-refractivity contribution in [2.24, 2.45) is 5.73 Å². The molecule has 0 bridgehead atoms. The Morgan fingerprint density at radius 3 is 2.43 bits per heavy atom. The van der Waals surface area contributed by atoms with Crippen LogP contribution in [0.3, 0.4) is 0 Å². The van der Waals surface area contributed by atoms with Gasteiger partial charge in [-0.1, -0.05) is 6.07 Å². The second kappa shape index (κ2) is 5.12. The number of thioether (sulfide) groups is 1. The first kappa shape index (κ1) is 11.2. The summed E-state index contributed by atoms with van der Waals surface area (Å²) in [5, 5.41) is 0. The van der Waals surface area contributed by atoms with Crippen LogP contribution in [-0.4, -0.2) is 20.5 Å². The largest absolute Gasteiger partial charge is 0.495 e. The molecule has 78 valence electrons. The van der Waals surface area contributed by atoms with Gasteiger partial charge in [-0.05, 0) is 12.3 Å². The van der Waals surface area contributed by atoms with Crippen molar-refractivity contribution < 1.29 is 9.47 Å². The first-order valence-electron chi connectivity index (χ1n) is 4.26. The molecule has 0 atom stereocenters. The van der Waals surface area contributed by atoms with Gasteiger partial charge >= 0.3 is 0 Å². The Morgan fingerprint density at radius 1 is 1.29 bits per heavy atom. The zero-order valence-electron chi connectivity index (χ0n) is 8.66. The van der Waals surface area contributed by atoms with Crippen LogP contribution in [0.15, 0.2) is 17.0 Å². The Hall–Kier alpha value is -0.870. The summed E-state index contributed by atoms with van der Waals surface area (Å²) in [4.78, 5) is 0.998. The van der Waals surface area contributed by atoms with Crippen molar-refractivity contribution in [3.8, 4) is 11.5 Å². The van der Waals surface area contributed by atoms with Crippen LogP contribution in [0, 0.1) is 0 Å². The van der Waals surface area contributed by atoms with E-state index < -0.39 is 0 Å². The van der Waals surface area contributed by atoms with Gasteiger partial charge in [0.2, 0.25) is 0 Å². The highest BCUT2D eigenvalue weighted by Crippen LogP contribution is 2.38. The van der Waals surface area contributed by atoms with E-state index in [0.717, 1.165) is 22.0 Å². The molecule has 14 heavy (non-hydrogen) atoms. The Morgan fingerprint density at radius 2 is 2.00 bits per heavy atom. The lowest BCUT2D eigenvalue weighted by molar-refractivity contribution is 0.373. The molecular weight excluding hydrogens is 198 g/mol. The molecule has 0 saturated heterocycles. The first-order valence-corrected chi connectivity index (χ1v) is 5.48. The molecule has 0 amide bonds. The average Bonchev–Trinajstić information content (AvgIpc) is 2.26. The van der Waals surface area contributed by atoms with E-state index in [-0.39, 0.29) is 0 Å². The van der Waals surface area contributed by atoms with Gasteiger partial charge < -0.3 is 15.2 Å². The molecule has 2 N–H and O–H groups in total. The number of hydrogen-bond donors (Lipinski definition) is 1. The minimum Gasteiger partial charge on any atom is -0.495 e. The summed E-state index contributed by atoms with van der Waals surface area (Å²) in [7, 11) is 3.30. The number of ether oxygens (including phenoxy) is 2. The predicted octanol–water partition coefficient (Wildman–Crippen LogP) is 1.88. The molecule has 0 aliphatic heterocycles. The van der Waals surface area contributed by atoms with Crippen molar-refractivity contribution in [2.75, 3.05) is 20.5 Å². The van der Waals surface area contributed by atoms with Crippen LogP contribution in [0.4, 0.5) is 0 Å². The molecule has 0 saturated carbocycles. The van der Waals surface area contributed by atoms with Gasteiger partial charge in [-0.2, -0.15) is 0 Å². The third-order valence-electron chi connectivity index (χ3n) is 2.01. The van der Waals surface area contributed by atoms with Gasteiger partial charge in [-0.15, -0.1) is 11.8 Å². The van der Waals surface area contributed by atoms with Crippen LogP contribution < -0.4 is 15.2 Å². The lowest BCUT2D eigenvalue weighted by Gasteiger charge is -2.14. The second-order valence-corrected chi connectivity index (χ2v) is 3.51. The van der Waals surface area contributed by atoms with E-state index in [0.29, 0.717) is 6.54 Å². The Bertz CT molecular complexity index is 284. The molecule has 0 aromatic heterocycles. The van der Waals surface area contributed by atoms with Crippen LogP contribution >= 0.6 is 11.8 Å². The van der Waals surface area contributed by atoms with Crippen LogP contribution in [0.25, 0.3) is 0 Å². The fraction of sp³-hybridized carbons (Fsp3) is 0.400. The minimum absolute atomic E-state index is 0.473. The number of hydrogen-bond acceptors (Lipinski definition) is 4. The zero-order valence-corrected chi connectivity index (χ0v) is 9.48. The molecule has 0 unspecified atom stereocenters. The topological polar surface area (TPSA) is 44.5 Å². The number of nitrogens with two attached hydrogens (primary N) is 1. The van der Waals surface area contributed by atoms with E-state index in [1.807, 2.05) is 18.4 Å². The number of benzene rings is 1. The van der Waals surface area contributed by atoms with Gasteiger partial charge in [-0.3, -0.25) is 0 Å². The number of rotatable bonds is 4. The molecule has 1 aromatic carbocycles. The molecule has 0 radical (unpaired) electrons. The Kier molecular flexibility index (Phi) is 4.10. The summed E-state index contributed by atoms with van der Waals surface area (Å²) in [5.74, 6) is 1.64. The molecule has 0 aliphatic carbocycles. The Balaban J connectivity index is 3.28. The molecule has 1 aromatic rings. The maximum absolute atomic E-state index is 5.61. The molecule has 0 spiro atoms. The van der Waals surface area contributed by atoms with Gasteiger partial charge in [-0.25, -0.2) is 0 Å². The van der Waals surface area contributed by atoms with Crippen molar-refractivity contribution >= 4 is 11.8 Å². The highest BCUT2D eigenvalue weighted by molar-refractivity contribution is 7.98. The lowest BCUT2D eigenvalue weighted by Crippen LogP contribution is -2.02. The summed E-state index contributed by atoms with van der Waals surface area (Å²) in [6, 6.07) is 3.84. The molecular formula is C10H15NO2S. The summed E-state index contributed by atoms with van der Waals surface area (Å²) in [6.07, 6.45) is 1.99. The van der Waals surface area contributed by atoms with Crippen molar-refractivity contribution in [2.45, 2.75) is 11.4 Å². The highest BCUT2D eigenvalue weighted by atomic mass is 32.2. The summed E-state index contributed by atoms with van der Waals surface area (Å²) in [6.45, 7) is 0.473. The lowest BCUT2D eigenvalue weighted by atomic mass is 10.2. The van der Waals surface area contributed by atoms with Crippen LogP contribution in [0.1, 0.15) is 5.56 Å². The Labute approximate surface area is 88.6 Å². The minimum atomic E-state index is 0.473. The molecule has 3 nitrogen and oxygen atoms in total. The average molecular weight is 213 g/mol. The molecule has 1 rings (SSSR count). The fourth-order valence-electron chi connectivity index (χ4n) is 1.32. The van der Waals surface area contributed by atoms with Crippen molar-refractivity contribution in [3.63, 3.8) is 0 Å². The van der Waals surface area contributed by atoms with E-state index in [9.17, 15) is 0 Å². The standard InChI is InChI=1S/C10H15NO2S/c1-12-8-5-4-7(6-11)9(13-2)10(8)14-3/h4-5H,6,11H2,1-3H3. The van der Waals surface area contributed by atoms with Gasteiger partial charge in [0.05, 0.1) is 19.1 Å². The van der Waals surface area contributed by atoms with Gasteiger partial charge in [0.25, 0.3) is 0 Å². The van der Waals surface area contributed by atoms with Gasteiger partial charge in [0.1, 0.15) is 11.5 Å². The van der Waals surface area contributed by atoms with Crippen LogP contribution in [0.5, 0.6) is 11.5 Å². The fourth-order valence-corrected chi connectivity index (χ4v) is 2.08. The molecule has 0 fully saturated rings. The zero-order chi connectivity index (χ0) is 10.6. The van der Waals surface area contributed by atoms with E-state index in [1.54, 1.807) is 26.0 Å². The summed E-state index contributed by atoms with van der Waals surface area (Å²) < 4.78 is 10.6. The quantitative estimate of drug-likeness (QED) is 0.776. The molecule has 0 heterocycles. The SMILES string of the molecule is COc1ccc(CN)c(OC)c1SC. The van der Waals surface area contributed by atoms with Crippen LogP contribution in [0.2, 0.25) is 0 Å². The third kappa shape index (κ3) is 1.96. The first-order chi connectivity index (χ1) is 6.78. The van der Waals surface area contributed by atoms with Crippen molar-refractivity contribution in [1.82, 2.24) is 0 Å². The van der Waals surface area contributed by atoms with E-state index in [4.69, 9.17) is 15.2 Å². The van der Waals surface area contributed by atoms with Crippen molar-refractivity contribution in [3.05, 3.63) is 17.7 Å². The molecule has 4 heteroatoms. The maximum atomic E-state index is 5.61. The monoisotopic (exact) mass is 213 g/mol. The highest BCUT2D eigenvalue weighted by Gasteiger charge is 2.12. The number of methoxy groups -OCH3 is 2. The van der Waals surface area contributed by atoms with E-state index in [2.05, 4.69) is 0 Å². The van der Waals surface area contributed by atoms with E-state index >= 15 is 0 Å². The predicted molar refractivity (Wildman–Crippen MR) is 59.2 cm³/mol. The van der Waals surface area contributed by atoms with Crippen LogP contribution in [-0.2, 0) is 6.54 Å². The molecule has 0 aliphatic rings.